The van der Waals surface area contributed by atoms with E-state index in [1.165, 1.54) is 0 Å². The maximum Gasteiger partial charge on any atom is 0.257 e. The Balaban J connectivity index is 1.13. The number of anilines is 5. The number of aliphatic hydroxyl groups is 1. The van der Waals surface area contributed by atoms with Crippen molar-refractivity contribution in [1.82, 2.24) is 9.55 Å². The van der Waals surface area contributed by atoms with Gasteiger partial charge in [0.25, 0.3) is 11.8 Å². The van der Waals surface area contributed by atoms with E-state index in [9.17, 15) is 14.7 Å². The number of rotatable bonds is 7. The Morgan fingerprint density at radius 2 is 1.45 bits per heavy atom. The van der Waals surface area contributed by atoms with E-state index in [2.05, 4.69) is 25.8 Å². The van der Waals surface area contributed by atoms with E-state index >= 15 is 0 Å². The number of hydrogen-bond donors (Lipinski definition) is 4. The number of piperidine rings is 1. The zero-order valence-corrected chi connectivity index (χ0v) is 21.1. The number of nitrogens with zero attached hydrogens (tertiary/aromatic N) is 3. The highest BCUT2D eigenvalue weighted by Gasteiger charge is 2.17. The van der Waals surface area contributed by atoms with Crippen molar-refractivity contribution in [2.45, 2.75) is 18.9 Å². The zero-order valence-electron chi connectivity index (χ0n) is 21.1. The lowest BCUT2D eigenvalue weighted by Crippen LogP contribution is -2.35. The van der Waals surface area contributed by atoms with Crippen LogP contribution in [0.15, 0.2) is 85.3 Å². The first kappa shape index (κ1) is 25.0. The minimum atomic E-state index is -0.214. The van der Waals surface area contributed by atoms with Gasteiger partial charge in [-0.3, -0.25) is 9.59 Å². The van der Waals surface area contributed by atoms with E-state index < -0.39 is 0 Å². The van der Waals surface area contributed by atoms with Gasteiger partial charge in [-0.25, -0.2) is 4.98 Å². The molecule has 0 unspecified atom stereocenters. The smallest absolute Gasteiger partial charge is 0.257 e. The van der Waals surface area contributed by atoms with Crippen LogP contribution >= 0.6 is 0 Å². The summed E-state index contributed by atoms with van der Waals surface area (Å²) in [4.78, 5) is 31.6. The lowest BCUT2D eigenvalue weighted by molar-refractivity contribution is 0.101. The SMILES string of the molecule is Cn1ccc(C(=O)Nc2ccc(Nc3ccc(NC(=O)c4ccc(N5CCC(O)CC5)cc4)cc3)nc2)c1. The van der Waals surface area contributed by atoms with E-state index in [4.69, 9.17) is 0 Å². The lowest BCUT2D eigenvalue weighted by atomic mass is 10.1. The number of aryl methyl sites for hydroxylation is 1. The van der Waals surface area contributed by atoms with Crippen molar-refractivity contribution < 1.29 is 14.7 Å². The van der Waals surface area contributed by atoms with E-state index in [-0.39, 0.29) is 17.9 Å². The standard InChI is InChI=1S/C29H30N6O3/c1-34-15-12-21(19-34)29(38)33-24-8-11-27(30-18-24)31-22-4-6-23(7-5-22)32-28(37)20-2-9-25(10-3-20)35-16-13-26(36)14-17-35/h2-12,15,18-19,26,36H,13-14,16-17H2,1H3,(H,30,31)(H,32,37)(H,33,38). The third-order valence-corrected chi connectivity index (χ3v) is 6.49. The molecule has 4 N–H and O–H groups in total. The number of carbonyl (C=O) groups is 2. The molecule has 2 amide bonds. The predicted octanol–water partition coefficient (Wildman–Crippen LogP) is 4.63. The summed E-state index contributed by atoms with van der Waals surface area (Å²) in [7, 11) is 1.86. The van der Waals surface area contributed by atoms with E-state index in [0.29, 0.717) is 28.3 Å². The second kappa shape index (κ2) is 11.2. The Labute approximate surface area is 221 Å². The zero-order chi connectivity index (χ0) is 26.5. The molecule has 0 radical (unpaired) electrons. The average Bonchev–Trinajstić information content (AvgIpc) is 3.38. The second-order valence-corrected chi connectivity index (χ2v) is 9.37. The monoisotopic (exact) mass is 510 g/mol. The Hall–Kier alpha value is -4.63. The molecule has 5 rings (SSSR count). The van der Waals surface area contributed by atoms with Crippen molar-refractivity contribution in [3.63, 3.8) is 0 Å². The predicted molar refractivity (Wildman–Crippen MR) is 149 cm³/mol. The summed E-state index contributed by atoms with van der Waals surface area (Å²) in [5.74, 6) is 0.258. The fourth-order valence-electron chi connectivity index (χ4n) is 4.32. The maximum absolute atomic E-state index is 12.7. The number of amides is 2. The summed E-state index contributed by atoms with van der Waals surface area (Å²) in [6.07, 6.45) is 6.48. The molecule has 3 heterocycles. The molecule has 1 aliphatic rings. The van der Waals surface area contributed by atoms with Gasteiger partial charge in [0, 0.05) is 55.2 Å². The molecule has 0 aliphatic carbocycles. The van der Waals surface area contributed by atoms with Crippen LogP contribution in [0.3, 0.4) is 0 Å². The first-order valence-electron chi connectivity index (χ1n) is 12.5. The molecule has 0 spiro atoms. The highest BCUT2D eigenvalue weighted by molar-refractivity contribution is 6.05. The van der Waals surface area contributed by atoms with Crippen LogP contribution < -0.4 is 20.9 Å². The third-order valence-electron chi connectivity index (χ3n) is 6.49. The highest BCUT2D eigenvalue weighted by atomic mass is 16.3. The van der Waals surface area contributed by atoms with Gasteiger partial charge in [0.1, 0.15) is 5.82 Å². The molecule has 2 aromatic heterocycles. The fraction of sp³-hybridized carbons (Fsp3) is 0.207. The summed E-state index contributed by atoms with van der Waals surface area (Å²) in [5.41, 5.74) is 4.32. The number of nitrogens with one attached hydrogen (secondary N) is 3. The van der Waals surface area contributed by atoms with Crippen LogP contribution in [0.1, 0.15) is 33.6 Å². The number of benzene rings is 2. The van der Waals surface area contributed by atoms with Gasteiger partial charge in [0.15, 0.2) is 0 Å². The number of pyridine rings is 1. The summed E-state index contributed by atoms with van der Waals surface area (Å²) in [6.45, 7) is 1.63. The third kappa shape index (κ3) is 6.19. The molecule has 1 fully saturated rings. The van der Waals surface area contributed by atoms with Crippen molar-refractivity contribution in [2.75, 3.05) is 33.9 Å². The highest BCUT2D eigenvalue weighted by Crippen LogP contribution is 2.22. The van der Waals surface area contributed by atoms with Crippen LogP contribution in [0.5, 0.6) is 0 Å². The topological polar surface area (TPSA) is 112 Å². The van der Waals surface area contributed by atoms with Gasteiger partial charge in [0.05, 0.1) is 23.6 Å². The van der Waals surface area contributed by atoms with Gasteiger partial charge < -0.3 is 30.5 Å². The molecule has 38 heavy (non-hydrogen) atoms. The van der Waals surface area contributed by atoms with Crippen molar-refractivity contribution in [3.05, 3.63) is 96.4 Å². The van der Waals surface area contributed by atoms with Gasteiger partial charge in [-0.05, 0) is 79.6 Å². The normalized spacial score (nSPS) is 13.7. The van der Waals surface area contributed by atoms with Gasteiger partial charge in [0.2, 0.25) is 0 Å². The van der Waals surface area contributed by atoms with Crippen LogP contribution in [0.2, 0.25) is 0 Å². The first-order valence-corrected chi connectivity index (χ1v) is 12.5. The minimum Gasteiger partial charge on any atom is -0.393 e. The Bertz CT molecular complexity index is 1390. The quantitative estimate of drug-likeness (QED) is 0.289. The molecule has 0 saturated carbocycles. The first-order chi connectivity index (χ1) is 18.4. The number of carbonyl (C=O) groups excluding carboxylic acids is 2. The number of hydrogen-bond acceptors (Lipinski definition) is 6. The van der Waals surface area contributed by atoms with Gasteiger partial charge in [-0.2, -0.15) is 0 Å². The number of aliphatic hydroxyl groups excluding tert-OH is 1. The lowest BCUT2D eigenvalue weighted by Gasteiger charge is -2.31. The van der Waals surface area contributed by atoms with Crippen molar-refractivity contribution in [3.8, 4) is 0 Å². The Morgan fingerprint density at radius 3 is 2.08 bits per heavy atom. The van der Waals surface area contributed by atoms with Crippen LogP contribution in [-0.2, 0) is 7.05 Å². The average molecular weight is 511 g/mol. The van der Waals surface area contributed by atoms with E-state index in [1.807, 2.05) is 66.3 Å². The maximum atomic E-state index is 12.7. The van der Waals surface area contributed by atoms with Crippen LogP contribution in [0.4, 0.5) is 28.6 Å². The largest absolute Gasteiger partial charge is 0.393 e. The summed E-state index contributed by atoms with van der Waals surface area (Å²) in [5, 5.41) is 18.7. The molecule has 1 saturated heterocycles. The van der Waals surface area contributed by atoms with Crippen molar-refractivity contribution in [1.29, 1.82) is 0 Å². The molecular formula is C29H30N6O3. The molecule has 0 bridgehead atoms. The van der Waals surface area contributed by atoms with Gasteiger partial charge >= 0.3 is 0 Å². The van der Waals surface area contributed by atoms with Crippen LogP contribution in [-0.4, -0.2) is 45.7 Å². The second-order valence-electron chi connectivity index (χ2n) is 9.37. The summed E-state index contributed by atoms with van der Waals surface area (Å²) in [6, 6.07) is 20.2. The molecule has 4 aromatic rings. The molecular weight excluding hydrogens is 480 g/mol. The summed E-state index contributed by atoms with van der Waals surface area (Å²) < 4.78 is 1.82. The van der Waals surface area contributed by atoms with E-state index in [0.717, 1.165) is 37.3 Å². The molecule has 2 aromatic carbocycles. The van der Waals surface area contributed by atoms with Crippen LogP contribution in [0, 0.1) is 0 Å². The summed E-state index contributed by atoms with van der Waals surface area (Å²) >= 11 is 0. The van der Waals surface area contributed by atoms with Crippen molar-refractivity contribution in [2.24, 2.45) is 7.05 Å². The van der Waals surface area contributed by atoms with Gasteiger partial charge in [-0.1, -0.05) is 0 Å². The Morgan fingerprint density at radius 1 is 0.816 bits per heavy atom. The number of aromatic nitrogens is 2. The molecule has 1 aliphatic heterocycles. The van der Waals surface area contributed by atoms with Crippen LogP contribution in [0.25, 0.3) is 0 Å². The molecule has 194 valence electrons. The van der Waals surface area contributed by atoms with Crippen molar-refractivity contribution >= 4 is 40.4 Å². The Kier molecular flexibility index (Phi) is 7.37. The molecule has 9 heteroatoms. The minimum absolute atomic E-state index is 0.180. The van der Waals surface area contributed by atoms with Gasteiger partial charge in [-0.15, -0.1) is 0 Å². The van der Waals surface area contributed by atoms with E-state index in [1.54, 1.807) is 30.6 Å². The molecule has 0 atom stereocenters. The molecule has 9 nitrogen and oxygen atoms in total. The fourth-order valence-corrected chi connectivity index (χ4v) is 4.32.